The third-order valence-electron chi connectivity index (χ3n) is 4.38. The maximum absolute atomic E-state index is 13.1. The summed E-state index contributed by atoms with van der Waals surface area (Å²) in [7, 11) is 0. The molecule has 19 heavy (non-hydrogen) atoms. The van der Waals surface area contributed by atoms with Crippen molar-refractivity contribution in [2.45, 2.75) is 51.4 Å². The first-order chi connectivity index (χ1) is 9.31. The maximum atomic E-state index is 13.1. The van der Waals surface area contributed by atoms with E-state index in [0.29, 0.717) is 5.92 Å². The topological polar surface area (TPSA) is 12.0 Å². The van der Waals surface area contributed by atoms with Crippen LogP contribution in [0.3, 0.4) is 0 Å². The van der Waals surface area contributed by atoms with Gasteiger partial charge in [0.2, 0.25) is 0 Å². The third kappa shape index (κ3) is 4.31. The van der Waals surface area contributed by atoms with Crippen molar-refractivity contribution in [3.05, 3.63) is 35.6 Å². The zero-order valence-corrected chi connectivity index (χ0v) is 12.0. The third-order valence-corrected chi connectivity index (χ3v) is 4.38. The van der Waals surface area contributed by atoms with Crippen molar-refractivity contribution in [3.63, 3.8) is 0 Å². The molecular formula is C17H26FN. The Morgan fingerprint density at radius 1 is 1.11 bits per heavy atom. The van der Waals surface area contributed by atoms with E-state index in [1.807, 2.05) is 12.1 Å². The standard InChI is InChI=1S/C17H26FN/c1-2-19-13-17(14-7-5-3-4-6-8-14)15-9-11-16(18)12-10-15/h9-12,14,17,19H,2-8,13H2,1H3. The highest BCUT2D eigenvalue weighted by molar-refractivity contribution is 5.21. The van der Waals surface area contributed by atoms with Crippen molar-refractivity contribution in [2.75, 3.05) is 13.1 Å². The van der Waals surface area contributed by atoms with Gasteiger partial charge in [0.1, 0.15) is 5.82 Å². The van der Waals surface area contributed by atoms with Crippen LogP contribution in [0.2, 0.25) is 0 Å². The summed E-state index contributed by atoms with van der Waals surface area (Å²) in [5.74, 6) is 1.16. The van der Waals surface area contributed by atoms with Crippen molar-refractivity contribution < 1.29 is 4.39 Å². The van der Waals surface area contributed by atoms with Crippen LogP contribution in [0.5, 0.6) is 0 Å². The van der Waals surface area contributed by atoms with Crippen molar-refractivity contribution in [3.8, 4) is 0 Å². The molecule has 106 valence electrons. The van der Waals surface area contributed by atoms with Crippen LogP contribution in [0.1, 0.15) is 56.9 Å². The van der Waals surface area contributed by atoms with Crippen LogP contribution >= 0.6 is 0 Å². The molecule has 1 nitrogen and oxygen atoms in total. The predicted octanol–water partition coefficient (Wildman–Crippen LogP) is 4.49. The lowest BCUT2D eigenvalue weighted by molar-refractivity contribution is 0.363. The van der Waals surface area contributed by atoms with Crippen LogP contribution in [-0.2, 0) is 0 Å². The quantitative estimate of drug-likeness (QED) is 0.772. The van der Waals surface area contributed by atoms with Gasteiger partial charge in [0.05, 0.1) is 0 Å². The molecule has 1 unspecified atom stereocenters. The highest BCUT2D eigenvalue weighted by Gasteiger charge is 2.23. The van der Waals surface area contributed by atoms with E-state index in [2.05, 4.69) is 12.2 Å². The molecule has 0 heterocycles. The number of hydrogen-bond donors (Lipinski definition) is 1. The van der Waals surface area contributed by atoms with Crippen LogP contribution in [0, 0.1) is 11.7 Å². The largest absolute Gasteiger partial charge is 0.316 e. The van der Waals surface area contributed by atoms with Gasteiger partial charge < -0.3 is 5.32 Å². The number of benzene rings is 1. The molecule has 1 N–H and O–H groups in total. The van der Waals surface area contributed by atoms with Gasteiger partial charge in [0.15, 0.2) is 0 Å². The van der Waals surface area contributed by atoms with Gasteiger partial charge >= 0.3 is 0 Å². The Bertz CT molecular complexity index is 352. The van der Waals surface area contributed by atoms with Gasteiger partial charge in [-0.1, -0.05) is 44.7 Å². The lowest BCUT2D eigenvalue weighted by Crippen LogP contribution is -2.26. The summed E-state index contributed by atoms with van der Waals surface area (Å²) in [5, 5.41) is 3.49. The normalized spacial score (nSPS) is 19.1. The van der Waals surface area contributed by atoms with Crippen molar-refractivity contribution in [1.82, 2.24) is 5.32 Å². The summed E-state index contributed by atoms with van der Waals surface area (Å²) in [6.07, 6.45) is 8.13. The van der Waals surface area contributed by atoms with Gasteiger partial charge in [0.25, 0.3) is 0 Å². The van der Waals surface area contributed by atoms with Crippen LogP contribution < -0.4 is 5.32 Å². The fraction of sp³-hybridized carbons (Fsp3) is 0.647. The SMILES string of the molecule is CCNCC(c1ccc(F)cc1)C1CCCCCC1. The number of halogens is 1. The molecule has 1 aromatic carbocycles. The predicted molar refractivity (Wildman–Crippen MR) is 78.9 cm³/mol. The average molecular weight is 263 g/mol. The summed E-state index contributed by atoms with van der Waals surface area (Å²) < 4.78 is 13.1. The first-order valence-electron chi connectivity index (χ1n) is 7.77. The zero-order valence-electron chi connectivity index (χ0n) is 12.0. The smallest absolute Gasteiger partial charge is 0.123 e. The fourth-order valence-electron chi connectivity index (χ4n) is 3.28. The summed E-state index contributed by atoms with van der Waals surface area (Å²) in [6, 6.07) is 7.15. The number of rotatable bonds is 5. The molecule has 0 bridgehead atoms. The van der Waals surface area contributed by atoms with E-state index >= 15 is 0 Å². The molecule has 1 saturated carbocycles. The van der Waals surface area contributed by atoms with E-state index in [-0.39, 0.29) is 5.82 Å². The minimum absolute atomic E-state index is 0.133. The van der Waals surface area contributed by atoms with Gasteiger partial charge in [0, 0.05) is 6.54 Å². The zero-order chi connectivity index (χ0) is 13.5. The van der Waals surface area contributed by atoms with E-state index in [4.69, 9.17) is 0 Å². The Labute approximate surface area is 116 Å². The molecule has 0 aliphatic heterocycles. The molecule has 0 saturated heterocycles. The molecular weight excluding hydrogens is 237 g/mol. The van der Waals surface area contributed by atoms with E-state index in [1.165, 1.54) is 44.1 Å². The van der Waals surface area contributed by atoms with E-state index < -0.39 is 0 Å². The van der Waals surface area contributed by atoms with Crippen molar-refractivity contribution in [1.29, 1.82) is 0 Å². The Morgan fingerprint density at radius 2 is 1.74 bits per heavy atom. The Morgan fingerprint density at radius 3 is 2.32 bits per heavy atom. The number of hydrogen-bond acceptors (Lipinski definition) is 1. The summed E-state index contributed by atoms with van der Waals surface area (Å²) in [5.41, 5.74) is 1.30. The Hall–Kier alpha value is -0.890. The van der Waals surface area contributed by atoms with Gasteiger partial charge in [-0.2, -0.15) is 0 Å². The van der Waals surface area contributed by atoms with Crippen LogP contribution in [0.4, 0.5) is 4.39 Å². The van der Waals surface area contributed by atoms with E-state index in [1.54, 1.807) is 12.1 Å². The van der Waals surface area contributed by atoms with Crippen LogP contribution in [-0.4, -0.2) is 13.1 Å². The second-order valence-electron chi connectivity index (χ2n) is 5.72. The van der Waals surface area contributed by atoms with Gasteiger partial charge in [-0.3, -0.25) is 0 Å². The first kappa shape index (κ1) is 14.5. The molecule has 1 aliphatic rings. The van der Waals surface area contributed by atoms with E-state index in [9.17, 15) is 4.39 Å². The Balaban J connectivity index is 2.11. The van der Waals surface area contributed by atoms with Crippen molar-refractivity contribution in [2.24, 2.45) is 5.92 Å². The minimum atomic E-state index is -0.133. The van der Waals surface area contributed by atoms with Gasteiger partial charge in [-0.05, 0) is 48.9 Å². The summed E-state index contributed by atoms with van der Waals surface area (Å²) in [6.45, 7) is 4.17. The second kappa shape index (κ2) is 7.64. The highest BCUT2D eigenvalue weighted by Crippen LogP contribution is 2.34. The summed E-state index contributed by atoms with van der Waals surface area (Å²) in [4.78, 5) is 0. The molecule has 0 amide bonds. The van der Waals surface area contributed by atoms with Crippen LogP contribution in [0.25, 0.3) is 0 Å². The molecule has 1 fully saturated rings. The highest BCUT2D eigenvalue weighted by atomic mass is 19.1. The van der Waals surface area contributed by atoms with Gasteiger partial charge in [-0.25, -0.2) is 4.39 Å². The lowest BCUT2D eigenvalue weighted by Gasteiger charge is -2.27. The number of nitrogens with one attached hydrogen (secondary N) is 1. The molecule has 0 spiro atoms. The maximum Gasteiger partial charge on any atom is 0.123 e. The minimum Gasteiger partial charge on any atom is -0.316 e. The monoisotopic (exact) mass is 263 g/mol. The molecule has 1 aromatic rings. The molecule has 0 radical (unpaired) electrons. The van der Waals surface area contributed by atoms with Gasteiger partial charge in [-0.15, -0.1) is 0 Å². The fourth-order valence-corrected chi connectivity index (χ4v) is 3.28. The molecule has 1 aliphatic carbocycles. The first-order valence-corrected chi connectivity index (χ1v) is 7.77. The van der Waals surface area contributed by atoms with Crippen LogP contribution in [0.15, 0.2) is 24.3 Å². The molecule has 2 rings (SSSR count). The molecule has 1 atom stereocenters. The lowest BCUT2D eigenvalue weighted by atomic mass is 9.81. The van der Waals surface area contributed by atoms with Crippen molar-refractivity contribution >= 4 is 0 Å². The number of likely N-dealkylation sites (N-methyl/N-ethyl adjacent to an activating group) is 1. The molecule has 0 aromatic heterocycles. The summed E-state index contributed by atoms with van der Waals surface area (Å²) >= 11 is 0. The second-order valence-corrected chi connectivity index (χ2v) is 5.72. The molecule has 2 heteroatoms. The Kier molecular flexibility index (Phi) is 5.84. The van der Waals surface area contributed by atoms with E-state index in [0.717, 1.165) is 19.0 Å². The average Bonchev–Trinajstić information content (AvgIpc) is 2.70.